The lowest BCUT2D eigenvalue weighted by Crippen LogP contribution is -2.11. The molecule has 0 aliphatic heterocycles. The molecule has 0 unspecified atom stereocenters. The van der Waals surface area contributed by atoms with E-state index in [2.05, 4.69) is 4.74 Å². The number of hydrogen-bond donors (Lipinski definition) is 0. The number of nitriles is 1. The Morgan fingerprint density at radius 2 is 1.96 bits per heavy atom. The molecule has 27 heavy (non-hydrogen) atoms. The summed E-state index contributed by atoms with van der Waals surface area (Å²) < 4.78 is 44.9. The summed E-state index contributed by atoms with van der Waals surface area (Å²) in [6, 6.07) is 8.26. The summed E-state index contributed by atoms with van der Waals surface area (Å²) in [7, 11) is 1.27. The van der Waals surface area contributed by atoms with Gasteiger partial charge in [0.15, 0.2) is 23.0 Å². The van der Waals surface area contributed by atoms with Crippen LogP contribution in [-0.2, 0) is 0 Å². The van der Waals surface area contributed by atoms with Gasteiger partial charge in [0.25, 0.3) is 0 Å². The molecule has 0 aromatic heterocycles. The lowest BCUT2D eigenvalue weighted by atomic mass is 10.2. The van der Waals surface area contributed by atoms with Crippen LogP contribution >= 0.6 is 11.6 Å². The van der Waals surface area contributed by atoms with E-state index >= 15 is 0 Å². The van der Waals surface area contributed by atoms with Gasteiger partial charge in [-0.25, -0.2) is 4.79 Å². The van der Waals surface area contributed by atoms with Crippen molar-refractivity contribution in [2.45, 2.75) is 13.5 Å². The van der Waals surface area contributed by atoms with Gasteiger partial charge >= 0.3 is 12.6 Å². The maximum atomic E-state index is 12.5. The molecule has 0 atom stereocenters. The normalized spacial score (nSPS) is 10.3. The smallest absolute Gasteiger partial charge is 0.387 e. The van der Waals surface area contributed by atoms with E-state index in [4.69, 9.17) is 31.1 Å². The van der Waals surface area contributed by atoms with Gasteiger partial charge in [0, 0.05) is 6.07 Å². The molecular weight excluding hydrogens is 384 g/mol. The molecule has 2 rings (SSSR count). The SMILES string of the molecule is CCOc1cc(C#N)cc(Cl)c1OC(=O)c1ccc(OC)c(OC(F)F)c1. The van der Waals surface area contributed by atoms with Gasteiger partial charge in [-0.1, -0.05) is 11.6 Å². The predicted octanol–water partition coefficient (Wildman–Crippen LogP) is 4.44. The fourth-order valence-corrected chi connectivity index (χ4v) is 2.39. The highest BCUT2D eigenvalue weighted by molar-refractivity contribution is 6.32. The van der Waals surface area contributed by atoms with Crippen LogP contribution in [-0.4, -0.2) is 26.3 Å². The number of alkyl halides is 2. The van der Waals surface area contributed by atoms with Gasteiger partial charge in [0.1, 0.15) is 0 Å². The molecule has 0 amide bonds. The summed E-state index contributed by atoms with van der Waals surface area (Å²) in [6.07, 6.45) is 0. The molecule has 6 nitrogen and oxygen atoms in total. The molecule has 0 aliphatic rings. The van der Waals surface area contributed by atoms with Gasteiger partial charge in [-0.05, 0) is 31.2 Å². The summed E-state index contributed by atoms with van der Waals surface area (Å²) in [5.74, 6) is -1.16. The van der Waals surface area contributed by atoms with Crippen LogP contribution in [0.1, 0.15) is 22.8 Å². The summed E-state index contributed by atoms with van der Waals surface area (Å²) >= 11 is 6.08. The Labute approximate surface area is 158 Å². The molecular formula is C18H14ClF2NO5. The first-order valence-electron chi connectivity index (χ1n) is 7.61. The molecule has 0 N–H and O–H groups in total. The number of hydrogen-bond acceptors (Lipinski definition) is 6. The van der Waals surface area contributed by atoms with E-state index < -0.39 is 12.6 Å². The number of esters is 1. The number of methoxy groups -OCH3 is 1. The summed E-state index contributed by atoms with van der Waals surface area (Å²) in [5, 5.41) is 8.99. The Balaban J connectivity index is 2.36. The van der Waals surface area contributed by atoms with Crippen LogP contribution in [0.3, 0.4) is 0 Å². The third-order valence-corrected chi connectivity index (χ3v) is 3.53. The van der Waals surface area contributed by atoms with E-state index in [9.17, 15) is 13.6 Å². The quantitative estimate of drug-likeness (QED) is 0.507. The second kappa shape index (κ2) is 9.05. The van der Waals surface area contributed by atoms with Gasteiger partial charge in [-0.3, -0.25) is 0 Å². The van der Waals surface area contributed by atoms with Gasteiger partial charge in [-0.15, -0.1) is 0 Å². The zero-order valence-electron chi connectivity index (χ0n) is 14.3. The summed E-state index contributed by atoms with van der Waals surface area (Å²) in [4.78, 5) is 12.4. The molecule has 0 heterocycles. The van der Waals surface area contributed by atoms with Crippen molar-refractivity contribution in [2.75, 3.05) is 13.7 Å². The number of ether oxygens (including phenoxy) is 4. The van der Waals surface area contributed by atoms with Crippen LogP contribution in [0.25, 0.3) is 0 Å². The average Bonchev–Trinajstić information content (AvgIpc) is 2.63. The highest BCUT2D eigenvalue weighted by Crippen LogP contribution is 2.37. The van der Waals surface area contributed by atoms with Crippen LogP contribution < -0.4 is 18.9 Å². The fourth-order valence-electron chi connectivity index (χ4n) is 2.14. The van der Waals surface area contributed by atoms with E-state index in [1.54, 1.807) is 6.92 Å². The van der Waals surface area contributed by atoms with Crippen LogP contribution in [0.2, 0.25) is 5.02 Å². The van der Waals surface area contributed by atoms with Crippen LogP contribution in [0.15, 0.2) is 30.3 Å². The van der Waals surface area contributed by atoms with Crippen molar-refractivity contribution in [2.24, 2.45) is 0 Å². The van der Waals surface area contributed by atoms with Crippen LogP contribution in [0, 0.1) is 11.3 Å². The number of halogens is 3. The molecule has 9 heteroatoms. The maximum Gasteiger partial charge on any atom is 0.387 e. The second-order valence-corrected chi connectivity index (χ2v) is 5.37. The monoisotopic (exact) mass is 397 g/mol. The Bertz CT molecular complexity index is 883. The van der Waals surface area contributed by atoms with Crippen molar-refractivity contribution in [3.63, 3.8) is 0 Å². The lowest BCUT2D eigenvalue weighted by Gasteiger charge is -2.14. The van der Waals surface area contributed by atoms with Crippen molar-refractivity contribution >= 4 is 17.6 Å². The minimum atomic E-state index is -3.09. The van der Waals surface area contributed by atoms with Crippen molar-refractivity contribution < 1.29 is 32.5 Å². The number of carbonyl (C=O) groups is 1. The molecule has 2 aromatic carbocycles. The Morgan fingerprint density at radius 1 is 1.22 bits per heavy atom. The van der Waals surface area contributed by atoms with E-state index in [-0.39, 0.29) is 45.8 Å². The fraction of sp³-hybridized carbons (Fsp3) is 0.222. The molecule has 2 aromatic rings. The Morgan fingerprint density at radius 3 is 2.56 bits per heavy atom. The van der Waals surface area contributed by atoms with Crippen LogP contribution in [0.5, 0.6) is 23.0 Å². The number of carbonyl (C=O) groups excluding carboxylic acids is 1. The van der Waals surface area contributed by atoms with Crippen molar-refractivity contribution in [1.29, 1.82) is 5.26 Å². The summed E-state index contributed by atoms with van der Waals surface area (Å²) in [5.41, 5.74) is 0.148. The minimum Gasteiger partial charge on any atom is -0.493 e. The van der Waals surface area contributed by atoms with Gasteiger partial charge in [0.05, 0.1) is 35.9 Å². The predicted molar refractivity (Wildman–Crippen MR) is 91.9 cm³/mol. The van der Waals surface area contributed by atoms with E-state index in [1.165, 1.54) is 31.4 Å². The molecule has 0 bridgehead atoms. The highest BCUT2D eigenvalue weighted by atomic mass is 35.5. The topological polar surface area (TPSA) is 77.8 Å². The molecule has 0 radical (unpaired) electrons. The number of rotatable bonds is 7. The Hall–Kier alpha value is -3.05. The van der Waals surface area contributed by atoms with Gasteiger partial charge in [0.2, 0.25) is 0 Å². The zero-order chi connectivity index (χ0) is 20.0. The van der Waals surface area contributed by atoms with E-state index in [1.807, 2.05) is 6.07 Å². The standard InChI is InChI=1S/C18H14ClF2NO5/c1-3-25-15-7-10(9-22)6-12(19)16(15)27-17(23)11-4-5-13(24-2)14(8-11)26-18(20)21/h4-8,18H,3H2,1-2H3. The lowest BCUT2D eigenvalue weighted by molar-refractivity contribution is -0.0512. The first-order valence-corrected chi connectivity index (χ1v) is 7.98. The van der Waals surface area contributed by atoms with E-state index in [0.29, 0.717) is 0 Å². The molecule has 0 saturated carbocycles. The largest absolute Gasteiger partial charge is 0.493 e. The van der Waals surface area contributed by atoms with Gasteiger partial charge in [-0.2, -0.15) is 14.0 Å². The van der Waals surface area contributed by atoms with Crippen molar-refractivity contribution in [1.82, 2.24) is 0 Å². The molecule has 142 valence electrons. The second-order valence-electron chi connectivity index (χ2n) is 4.96. The Kier molecular flexibility index (Phi) is 6.79. The number of benzene rings is 2. The summed E-state index contributed by atoms with van der Waals surface area (Å²) in [6.45, 7) is -1.15. The average molecular weight is 398 g/mol. The van der Waals surface area contributed by atoms with E-state index in [0.717, 1.165) is 6.07 Å². The van der Waals surface area contributed by atoms with Crippen molar-refractivity contribution in [3.05, 3.63) is 46.5 Å². The first kappa shape index (κ1) is 20.3. The molecule has 0 saturated heterocycles. The third kappa shape index (κ3) is 4.99. The molecule has 0 aliphatic carbocycles. The number of nitrogens with zero attached hydrogens (tertiary/aromatic N) is 1. The highest BCUT2D eigenvalue weighted by Gasteiger charge is 2.20. The maximum absolute atomic E-state index is 12.5. The van der Waals surface area contributed by atoms with Gasteiger partial charge < -0.3 is 18.9 Å². The minimum absolute atomic E-state index is 0.0107. The first-order chi connectivity index (χ1) is 12.9. The molecule has 0 fully saturated rings. The third-order valence-electron chi connectivity index (χ3n) is 3.25. The zero-order valence-corrected chi connectivity index (χ0v) is 15.0. The van der Waals surface area contributed by atoms with Crippen molar-refractivity contribution in [3.8, 4) is 29.1 Å². The molecule has 0 spiro atoms. The van der Waals surface area contributed by atoms with Crippen LogP contribution in [0.4, 0.5) is 8.78 Å².